The molecule has 0 saturated heterocycles. The van der Waals surface area contributed by atoms with Crippen molar-refractivity contribution in [3.05, 3.63) is 5.82 Å². The second kappa shape index (κ2) is 2.86. The van der Waals surface area contributed by atoms with Gasteiger partial charge in [0.1, 0.15) is 0 Å². The summed E-state index contributed by atoms with van der Waals surface area (Å²) < 4.78 is 4.28. The van der Waals surface area contributed by atoms with Gasteiger partial charge in [0.2, 0.25) is 0 Å². The first kappa shape index (κ1) is 7.98. The highest BCUT2D eigenvalue weighted by Crippen LogP contribution is 2.01. The fourth-order valence-corrected chi connectivity index (χ4v) is 0.466. The van der Waals surface area contributed by atoms with Crippen molar-refractivity contribution in [2.24, 2.45) is 5.73 Å². The van der Waals surface area contributed by atoms with Gasteiger partial charge < -0.3 is 15.4 Å². The zero-order chi connectivity index (χ0) is 9.14. The van der Waals surface area contributed by atoms with Crippen LogP contribution in [0.3, 0.4) is 0 Å². The van der Waals surface area contributed by atoms with Crippen LogP contribution in [-0.4, -0.2) is 27.2 Å². The summed E-state index contributed by atoms with van der Waals surface area (Å²) in [5.41, 5.74) is 4.76. The van der Waals surface area contributed by atoms with Crippen LogP contribution < -0.4 is 11.1 Å². The second-order valence-electron chi connectivity index (χ2n) is 1.72. The first-order chi connectivity index (χ1) is 5.59. The molecule has 64 valence electrons. The molecule has 2 amide bonds. The monoisotopic (exact) mass is 172 g/mol. The van der Waals surface area contributed by atoms with Crippen LogP contribution in [0.25, 0.3) is 0 Å². The van der Waals surface area contributed by atoms with Gasteiger partial charge in [-0.2, -0.15) is 4.98 Å². The van der Waals surface area contributed by atoms with Gasteiger partial charge in [0.05, 0.1) is 0 Å². The molecule has 1 aromatic rings. The molecule has 0 fully saturated rings. The molecule has 12 heavy (non-hydrogen) atoms. The maximum absolute atomic E-state index is 10.4. The molecule has 0 atom stereocenters. The first-order valence-corrected chi connectivity index (χ1v) is 2.73. The summed E-state index contributed by atoms with van der Waals surface area (Å²) in [7, 11) is 0. The lowest BCUT2D eigenvalue weighted by molar-refractivity contribution is 0.0987. The topological polar surface area (TPSA) is 131 Å². The molecule has 0 unspecified atom stereocenters. The summed E-state index contributed by atoms with van der Waals surface area (Å²) in [5, 5.41) is 13.0. The Morgan fingerprint density at radius 1 is 1.58 bits per heavy atom. The van der Waals surface area contributed by atoms with Crippen LogP contribution in [-0.2, 0) is 0 Å². The lowest BCUT2D eigenvalue weighted by Gasteiger charge is -1.87. The molecular formula is C4H4N4O4. The van der Waals surface area contributed by atoms with Crippen molar-refractivity contribution < 1.29 is 19.2 Å². The Hall–Kier alpha value is -2.12. The Labute approximate surface area is 65.4 Å². The quantitative estimate of drug-likeness (QED) is 0.538. The van der Waals surface area contributed by atoms with Crippen molar-refractivity contribution >= 4 is 18.0 Å². The Bertz CT molecular complexity index is 319. The zero-order valence-corrected chi connectivity index (χ0v) is 5.64. The third kappa shape index (κ3) is 1.68. The van der Waals surface area contributed by atoms with Crippen LogP contribution in [0.15, 0.2) is 4.52 Å². The fraction of sp³-hybridized carbons (Fsp3) is 0. The van der Waals surface area contributed by atoms with Crippen LogP contribution in [0.1, 0.15) is 10.6 Å². The van der Waals surface area contributed by atoms with E-state index in [1.54, 1.807) is 5.32 Å². The summed E-state index contributed by atoms with van der Waals surface area (Å²) in [6.45, 7) is 0. The number of hydrogen-bond donors (Lipinski definition) is 3. The van der Waals surface area contributed by atoms with Gasteiger partial charge in [-0.1, -0.05) is 0 Å². The highest BCUT2D eigenvalue weighted by molar-refractivity contribution is 5.89. The van der Waals surface area contributed by atoms with Crippen molar-refractivity contribution in [1.82, 2.24) is 10.1 Å². The molecule has 1 aromatic heterocycles. The molecule has 0 bridgehead atoms. The average Bonchev–Trinajstić information content (AvgIpc) is 2.34. The minimum atomic E-state index is -1.37. The summed E-state index contributed by atoms with van der Waals surface area (Å²) in [4.78, 5) is 23.7. The normalized spacial score (nSPS) is 9.33. The molecule has 0 radical (unpaired) electrons. The SMILES string of the molecule is NC(=O)c1noc(NC(=O)O)n1. The van der Waals surface area contributed by atoms with Gasteiger partial charge in [0.15, 0.2) is 0 Å². The van der Waals surface area contributed by atoms with Gasteiger partial charge in [0.25, 0.3) is 11.7 Å². The third-order valence-corrected chi connectivity index (χ3v) is 0.860. The van der Waals surface area contributed by atoms with Crippen LogP contribution in [0.2, 0.25) is 0 Å². The average molecular weight is 172 g/mol. The van der Waals surface area contributed by atoms with Crippen LogP contribution in [0, 0.1) is 0 Å². The summed E-state index contributed by atoms with van der Waals surface area (Å²) >= 11 is 0. The molecule has 0 spiro atoms. The number of nitrogens with zero attached hydrogens (tertiary/aromatic N) is 2. The van der Waals surface area contributed by atoms with Crippen molar-refractivity contribution in [3.63, 3.8) is 0 Å². The van der Waals surface area contributed by atoms with Gasteiger partial charge in [0, 0.05) is 0 Å². The number of rotatable bonds is 2. The van der Waals surface area contributed by atoms with E-state index in [4.69, 9.17) is 10.8 Å². The number of nitrogens with one attached hydrogen (secondary N) is 1. The summed E-state index contributed by atoms with van der Waals surface area (Å²) in [5.74, 6) is -1.27. The van der Waals surface area contributed by atoms with E-state index in [2.05, 4.69) is 14.7 Å². The van der Waals surface area contributed by atoms with E-state index in [1.165, 1.54) is 0 Å². The van der Waals surface area contributed by atoms with E-state index in [0.717, 1.165) is 0 Å². The lowest BCUT2D eigenvalue weighted by Crippen LogP contribution is -2.13. The van der Waals surface area contributed by atoms with Gasteiger partial charge in [-0.25, -0.2) is 10.1 Å². The number of anilines is 1. The lowest BCUT2D eigenvalue weighted by atomic mass is 10.6. The highest BCUT2D eigenvalue weighted by atomic mass is 16.5. The minimum absolute atomic E-state index is 0.376. The van der Waals surface area contributed by atoms with Crippen molar-refractivity contribution in [3.8, 4) is 0 Å². The number of hydrogen-bond acceptors (Lipinski definition) is 5. The summed E-state index contributed by atoms with van der Waals surface area (Å²) in [6, 6.07) is -0.392. The Morgan fingerprint density at radius 3 is 2.67 bits per heavy atom. The zero-order valence-electron chi connectivity index (χ0n) is 5.64. The summed E-state index contributed by atoms with van der Waals surface area (Å²) in [6.07, 6.45) is -1.37. The molecule has 0 aliphatic heterocycles. The fourth-order valence-electron chi connectivity index (χ4n) is 0.466. The van der Waals surface area contributed by atoms with Crippen LogP contribution >= 0.6 is 0 Å². The number of primary amides is 1. The molecule has 0 saturated carbocycles. The number of aromatic nitrogens is 2. The number of carbonyl (C=O) groups excluding carboxylic acids is 1. The minimum Gasteiger partial charge on any atom is -0.465 e. The predicted octanol–water partition coefficient (Wildman–Crippen LogP) is -0.742. The molecule has 4 N–H and O–H groups in total. The van der Waals surface area contributed by atoms with E-state index in [1.807, 2.05) is 0 Å². The molecule has 1 heterocycles. The maximum atomic E-state index is 10.4. The molecule has 1 rings (SSSR count). The highest BCUT2D eigenvalue weighted by Gasteiger charge is 2.11. The molecular weight excluding hydrogens is 168 g/mol. The van der Waals surface area contributed by atoms with Gasteiger partial charge in [-0.05, 0) is 5.16 Å². The Kier molecular flexibility index (Phi) is 1.90. The Balaban J connectivity index is 2.77. The Morgan fingerprint density at radius 2 is 2.25 bits per heavy atom. The number of nitrogens with two attached hydrogens (primary N) is 1. The third-order valence-electron chi connectivity index (χ3n) is 0.860. The molecule has 0 aliphatic rings. The van der Waals surface area contributed by atoms with Crippen LogP contribution in [0.4, 0.5) is 10.8 Å². The van der Waals surface area contributed by atoms with E-state index >= 15 is 0 Å². The van der Waals surface area contributed by atoms with Crippen LogP contribution in [0.5, 0.6) is 0 Å². The second-order valence-corrected chi connectivity index (χ2v) is 1.72. The number of carbonyl (C=O) groups is 2. The van der Waals surface area contributed by atoms with Crippen molar-refractivity contribution in [2.75, 3.05) is 5.32 Å². The van der Waals surface area contributed by atoms with E-state index in [0.29, 0.717) is 0 Å². The van der Waals surface area contributed by atoms with Crippen molar-refractivity contribution in [1.29, 1.82) is 0 Å². The van der Waals surface area contributed by atoms with Gasteiger partial charge >= 0.3 is 12.1 Å². The van der Waals surface area contributed by atoms with Crippen molar-refractivity contribution in [2.45, 2.75) is 0 Å². The van der Waals surface area contributed by atoms with E-state index in [-0.39, 0.29) is 5.82 Å². The smallest absolute Gasteiger partial charge is 0.412 e. The van der Waals surface area contributed by atoms with Gasteiger partial charge in [-0.3, -0.25) is 4.79 Å². The molecule has 0 aliphatic carbocycles. The molecule has 8 heteroatoms. The standard InChI is InChI=1S/C4H4N4O4/c5-1(9)2-6-3(12-8-2)7-4(10)11/h(H2,5,9)(H,10,11)(H,6,7,8). The maximum Gasteiger partial charge on any atom is 0.412 e. The number of carboxylic acid groups (broad SMARTS) is 1. The van der Waals surface area contributed by atoms with E-state index in [9.17, 15) is 9.59 Å². The largest absolute Gasteiger partial charge is 0.465 e. The number of amides is 2. The molecule has 8 nitrogen and oxygen atoms in total. The van der Waals surface area contributed by atoms with E-state index < -0.39 is 18.0 Å². The first-order valence-electron chi connectivity index (χ1n) is 2.73. The molecule has 0 aromatic carbocycles. The predicted molar refractivity (Wildman–Crippen MR) is 34.5 cm³/mol. The van der Waals surface area contributed by atoms with Gasteiger partial charge in [-0.15, -0.1) is 0 Å².